The molecule has 2 aliphatic carbocycles. The van der Waals surface area contributed by atoms with Gasteiger partial charge in [0.05, 0.1) is 43.6 Å². The van der Waals surface area contributed by atoms with Crippen molar-refractivity contribution in [1.82, 2.24) is 25.2 Å². The molecule has 350 valence electrons. The predicted octanol–water partition coefficient (Wildman–Crippen LogP) is 4.12. The van der Waals surface area contributed by atoms with Crippen LogP contribution in [0.3, 0.4) is 0 Å². The standard InChI is InChI=1S/C45H59F3N6O9S/c1-27(2)25-61-41(58)50-34-11-9-7-5-6-8-10-28-23-44(28,40(57)52-64(59,60)42(3)18-19-42)51-38(55)35-24-43(26-54(35)39(34)56)17-14-31-32-22-30(62-29-15-20-53(4)21-16-29)12-13-33(32)49-37(36(31)63-43)45(46,47)48/h8,10,12-13,22,27-29,34-35H,5-7,9,11,14-21,23-26H2,1-4H3,(H,50,58)(H,51,55)(H,52,57)/p+1/b10-8-/t28-,34+,35+,43-,44-/m1/s1. The van der Waals surface area contributed by atoms with Crippen LogP contribution in [-0.2, 0) is 41.7 Å². The van der Waals surface area contributed by atoms with Crippen LogP contribution in [0.15, 0.2) is 30.4 Å². The summed E-state index contributed by atoms with van der Waals surface area (Å²) in [7, 11) is -1.98. The number of rotatable bonds is 8. The number of pyridine rings is 1. The Morgan fingerprint density at radius 1 is 1.08 bits per heavy atom. The molecule has 0 unspecified atom stereocenters. The number of aryl methyl sites for hydroxylation is 1. The van der Waals surface area contributed by atoms with Gasteiger partial charge in [-0.15, -0.1) is 0 Å². The number of alkyl carbamates (subject to hydrolysis) is 1. The van der Waals surface area contributed by atoms with Crippen molar-refractivity contribution in [3.63, 3.8) is 0 Å². The van der Waals surface area contributed by atoms with Crippen LogP contribution >= 0.6 is 0 Å². The summed E-state index contributed by atoms with van der Waals surface area (Å²) in [5.74, 6) is -2.91. The van der Waals surface area contributed by atoms with Crippen molar-refractivity contribution in [3.8, 4) is 11.5 Å². The van der Waals surface area contributed by atoms with E-state index in [0.29, 0.717) is 49.7 Å². The highest BCUT2D eigenvalue weighted by molar-refractivity contribution is 7.91. The molecule has 15 nitrogen and oxygen atoms in total. The van der Waals surface area contributed by atoms with E-state index in [2.05, 4.69) is 27.4 Å². The van der Waals surface area contributed by atoms with Crippen LogP contribution in [0.25, 0.3) is 10.9 Å². The molecule has 5 atom stereocenters. The molecule has 1 aromatic heterocycles. The van der Waals surface area contributed by atoms with Crippen LogP contribution in [0, 0.1) is 11.8 Å². The molecule has 2 aromatic rings. The summed E-state index contributed by atoms with van der Waals surface area (Å²) in [4.78, 5) is 63.4. The summed E-state index contributed by atoms with van der Waals surface area (Å²) < 4.78 is 90.8. The number of sulfonamides is 1. The number of quaternary nitrogens is 1. The molecule has 4 aliphatic heterocycles. The van der Waals surface area contributed by atoms with Gasteiger partial charge in [-0.2, -0.15) is 13.2 Å². The van der Waals surface area contributed by atoms with Gasteiger partial charge < -0.3 is 34.6 Å². The predicted molar refractivity (Wildman–Crippen MR) is 228 cm³/mol. The van der Waals surface area contributed by atoms with Crippen molar-refractivity contribution in [3.05, 3.63) is 41.6 Å². The maximum Gasteiger partial charge on any atom is 0.437 e. The Kier molecular flexibility index (Phi) is 12.4. The van der Waals surface area contributed by atoms with E-state index >= 15 is 0 Å². The topological polar surface area (TPSA) is 187 Å². The number of nitrogens with zero attached hydrogens (tertiary/aromatic N) is 2. The van der Waals surface area contributed by atoms with Gasteiger partial charge in [0.2, 0.25) is 21.8 Å². The second kappa shape index (κ2) is 17.3. The zero-order valence-corrected chi connectivity index (χ0v) is 37.7. The molecule has 0 radical (unpaired) electrons. The Bertz CT molecular complexity index is 2310. The lowest BCUT2D eigenvalue weighted by Crippen LogP contribution is -3.10. The average molecular weight is 918 g/mol. The van der Waals surface area contributed by atoms with E-state index < -0.39 is 85.3 Å². The van der Waals surface area contributed by atoms with Crippen LogP contribution in [0.5, 0.6) is 11.5 Å². The fraction of sp³-hybridized carbons (Fsp3) is 0.667. The first-order valence-electron chi connectivity index (χ1n) is 22.7. The van der Waals surface area contributed by atoms with Gasteiger partial charge in [-0.25, -0.2) is 18.2 Å². The number of fused-ring (bicyclic) bond motifs is 5. The summed E-state index contributed by atoms with van der Waals surface area (Å²) in [5.41, 5.74) is -4.03. The third-order valence-corrected chi connectivity index (χ3v) is 16.1. The smallest absolute Gasteiger partial charge is 0.437 e. The molecule has 5 heterocycles. The zero-order valence-electron chi connectivity index (χ0n) is 36.9. The molecule has 0 bridgehead atoms. The Morgan fingerprint density at radius 3 is 2.53 bits per heavy atom. The van der Waals surface area contributed by atoms with E-state index in [1.807, 2.05) is 19.9 Å². The van der Waals surface area contributed by atoms with Crippen molar-refractivity contribution < 1.29 is 59.9 Å². The Morgan fingerprint density at radius 2 is 1.83 bits per heavy atom. The second-order valence-electron chi connectivity index (χ2n) is 19.6. The molecule has 8 rings (SSSR count). The fourth-order valence-electron chi connectivity index (χ4n) is 9.60. The number of hydrogen-bond acceptors (Lipinski definition) is 10. The first-order chi connectivity index (χ1) is 30.2. The highest BCUT2D eigenvalue weighted by atomic mass is 32.2. The van der Waals surface area contributed by atoms with E-state index in [1.165, 1.54) is 15.9 Å². The minimum Gasteiger partial charge on any atom is -0.490 e. The number of ether oxygens (including phenoxy) is 3. The minimum atomic E-state index is -4.93. The van der Waals surface area contributed by atoms with Crippen molar-refractivity contribution in [2.45, 2.75) is 144 Å². The van der Waals surface area contributed by atoms with Gasteiger partial charge in [-0.1, -0.05) is 38.8 Å². The molecule has 19 heteroatoms. The summed E-state index contributed by atoms with van der Waals surface area (Å²) in [6, 6.07) is 2.29. The molecule has 1 aromatic carbocycles. The first-order valence-corrected chi connectivity index (χ1v) is 24.2. The van der Waals surface area contributed by atoms with Gasteiger partial charge in [-0.05, 0) is 82.4 Å². The van der Waals surface area contributed by atoms with Gasteiger partial charge in [0.25, 0.3) is 5.91 Å². The molecular weight excluding hydrogens is 858 g/mol. The summed E-state index contributed by atoms with van der Waals surface area (Å²) in [5, 5.41) is 5.94. The van der Waals surface area contributed by atoms with Gasteiger partial charge >= 0.3 is 12.3 Å². The number of amides is 4. The molecule has 2 saturated carbocycles. The molecule has 6 aliphatic rings. The third-order valence-electron chi connectivity index (χ3n) is 14.0. The number of aromatic nitrogens is 1. The Labute approximate surface area is 371 Å². The van der Waals surface area contributed by atoms with E-state index in [1.54, 1.807) is 25.1 Å². The fourth-order valence-corrected chi connectivity index (χ4v) is 10.9. The van der Waals surface area contributed by atoms with E-state index in [4.69, 9.17) is 14.2 Å². The van der Waals surface area contributed by atoms with Crippen LogP contribution in [0.4, 0.5) is 18.0 Å². The summed E-state index contributed by atoms with van der Waals surface area (Å²) >= 11 is 0. The van der Waals surface area contributed by atoms with Crippen LogP contribution < -0.4 is 29.7 Å². The van der Waals surface area contributed by atoms with Crippen molar-refractivity contribution >= 4 is 44.7 Å². The maximum atomic E-state index is 15.0. The van der Waals surface area contributed by atoms with Crippen LogP contribution in [0.2, 0.25) is 0 Å². The minimum absolute atomic E-state index is 0.00507. The molecule has 4 fully saturated rings. The molecule has 2 saturated heterocycles. The Balaban J connectivity index is 1.14. The lowest BCUT2D eigenvalue weighted by atomic mass is 9.87. The molecule has 64 heavy (non-hydrogen) atoms. The third kappa shape index (κ3) is 9.38. The van der Waals surface area contributed by atoms with Crippen molar-refractivity contribution in [2.24, 2.45) is 11.8 Å². The quantitative estimate of drug-likeness (QED) is 0.281. The van der Waals surface area contributed by atoms with Crippen molar-refractivity contribution in [2.75, 3.05) is 33.3 Å². The Hall–Kier alpha value is -4.65. The second-order valence-corrected chi connectivity index (χ2v) is 21.8. The lowest BCUT2D eigenvalue weighted by Gasteiger charge is -2.37. The van der Waals surface area contributed by atoms with Crippen LogP contribution in [0.1, 0.15) is 109 Å². The highest BCUT2D eigenvalue weighted by Gasteiger charge is 2.64. The number of likely N-dealkylation sites (tertiary alicyclic amines) is 1. The SMILES string of the molecule is CC(C)COC(=O)N[C@H]1CCCCC/C=C\[C@@H]2C[C@@]2(C(=O)NS(=O)(=O)C2(C)CC2)NC(=O)[C@@H]2C[C@]3(CCc4c(c(C(F)(F)F)nc5ccc(OC6CC[NH+](C)CC6)cc45)O3)CN2C1=O. The number of nitrogens with one attached hydrogen (secondary N) is 4. The number of piperidine rings is 1. The number of carbonyl (C=O) groups is 4. The summed E-state index contributed by atoms with van der Waals surface area (Å²) in [6.07, 6.45) is 2.99. The molecule has 1 spiro atoms. The number of halogens is 3. The van der Waals surface area contributed by atoms with E-state index in [-0.39, 0.29) is 68.4 Å². The maximum absolute atomic E-state index is 15.0. The molecule has 4 amide bonds. The van der Waals surface area contributed by atoms with Gasteiger partial charge in [0, 0.05) is 36.1 Å². The molecular formula is C45H60F3N6O9S+. The number of hydrogen-bond donors (Lipinski definition) is 4. The number of alkyl halides is 3. The van der Waals surface area contributed by atoms with Crippen molar-refractivity contribution in [1.29, 1.82) is 0 Å². The molecule has 4 N–H and O–H groups in total. The lowest BCUT2D eigenvalue weighted by molar-refractivity contribution is -0.885. The van der Waals surface area contributed by atoms with E-state index in [0.717, 1.165) is 25.9 Å². The van der Waals surface area contributed by atoms with Crippen LogP contribution in [-0.4, -0.2) is 109 Å². The monoisotopic (exact) mass is 917 g/mol. The number of allylic oxidation sites excluding steroid dienone is 1. The number of carbonyl (C=O) groups excluding carboxylic acids is 4. The largest absolute Gasteiger partial charge is 0.490 e. The first kappa shape index (κ1) is 45.9. The van der Waals surface area contributed by atoms with Gasteiger partial charge in [0.1, 0.15) is 35.1 Å². The average Bonchev–Trinajstić information content (AvgIpc) is 4.13. The summed E-state index contributed by atoms with van der Waals surface area (Å²) in [6.45, 7) is 6.89. The normalized spacial score (nSPS) is 31.0. The van der Waals surface area contributed by atoms with Gasteiger partial charge in [0.15, 0.2) is 11.4 Å². The number of benzene rings is 1. The highest BCUT2D eigenvalue weighted by Crippen LogP contribution is 2.50. The van der Waals surface area contributed by atoms with E-state index in [9.17, 15) is 40.8 Å². The van der Waals surface area contributed by atoms with Gasteiger partial charge in [-0.3, -0.25) is 19.1 Å². The zero-order chi connectivity index (χ0) is 45.8.